The highest BCUT2D eigenvalue weighted by Crippen LogP contribution is 2.15. The molecule has 3 heterocycles. The van der Waals surface area contributed by atoms with Crippen LogP contribution in [0.3, 0.4) is 0 Å². The number of aliphatic hydroxyl groups is 1. The molecule has 0 aliphatic carbocycles. The Balaban J connectivity index is 1.58. The van der Waals surface area contributed by atoms with Gasteiger partial charge in [0.2, 0.25) is 0 Å². The largest absolute Gasteiger partial charge is 0.393 e. The van der Waals surface area contributed by atoms with Gasteiger partial charge in [-0.2, -0.15) is 0 Å². The van der Waals surface area contributed by atoms with Gasteiger partial charge in [0.15, 0.2) is 11.5 Å². The Morgan fingerprint density at radius 1 is 1.46 bits per heavy atom. The minimum Gasteiger partial charge on any atom is -0.393 e. The van der Waals surface area contributed by atoms with E-state index >= 15 is 0 Å². The smallest absolute Gasteiger partial charge is 0.276 e. The SMILES string of the molecule is CN(Cc1nccn1C)C(=O)c1cc(CN2CCC(O)CC2)on1. The van der Waals surface area contributed by atoms with Gasteiger partial charge in [0, 0.05) is 45.6 Å². The van der Waals surface area contributed by atoms with Crippen molar-refractivity contribution in [2.45, 2.75) is 32.0 Å². The zero-order valence-electron chi connectivity index (χ0n) is 14.1. The van der Waals surface area contributed by atoms with Crippen LogP contribution in [0.4, 0.5) is 0 Å². The van der Waals surface area contributed by atoms with Crippen molar-refractivity contribution in [3.8, 4) is 0 Å². The van der Waals surface area contributed by atoms with Gasteiger partial charge in [0.1, 0.15) is 5.82 Å². The van der Waals surface area contributed by atoms with E-state index in [0.717, 1.165) is 31.8 Å². The van der Waals surface area contributed by atoms with Crippen LogP contribution in [0.15, 0.2) is 23.0 Å². The summed E-state index contributed by atoms with van der Waals surface area (Å²) in [5.41, 5.74) is 0.304. The van der Waals surface area contributed by atoms with Gasteiger partial charge in [-0.1, -0.05) is 5.16 Å². The number of aryl methyl sites for hydroxylation is 1. The molecular weight excluding hydrogens is 310 g/mol. The summed E-state index contributed by atoms with van der Waals surface area (Å²) < 4.78 is 7.18. The Labute approximate surface area is 140 Å². The van der Waals surface area contributed by atoms with Gasteiger partial charge in [-0.3, -0.25) is 9.69 Å². The third kappa shape index (κ3) is 3.82. The summed E-state index contributed by atoms with van der Waals surface area (Å²) >= 11 is 0. The van der Waals surface area contributed by atoms with Crippen molar-refractivity contribution in [2.24, 2.45) is 7.05 Å². The summed E-state index contributed by atoms with van der Waals surface area (Å²) in [6.07, 6.45) is 4.89. The van der Waals surface area contributed by atoms with Gasteiger partial charge in [-0.15, -0.1) is 0 Å². The molecule has 0 saturated carbocycles. The van der Waals surface area contributed by atoms with Crippen LogP contribution in [0, 0.1) is 0 Å². The lowest BCUT2D eigenvalue weighted by Crippen LogP contribution is -2.35. The van der Waals surface area contributed by atoms with Crippen molar-refractivity contribution >= 4 is 5.91 Å². The zero-order valence-corrected chi connectivity index (χ0v) is 14.1. The summed E-state index contributed by atoms with van der Waals surface area (Å²) in [7, 11) is 3.61. The topological polar surface area (TPSA) is 87.6 Å². The Morgan fingerprint density at radius 3 is 2.88 bits per heavy atom. The minimum absolute atomic E-state index is 0.193. The number of hydrogen-bond acceptors (Lipinski definition) is 6. The van der Waals surface area contributed by atoms with E-state index < -0.39 is 0 Å². The van der Waals surface area contributed by atoms with Crippen molar-refractivity contribution < 1.29 is 14.4 Å². The predicted molar refractivity (Wildman–Crippen MR) is 86.0 cm³/mol. The van der Waals surface area contributed by atoms with Crippen LogP contribution in [-0.2, 0) is 20.1 Å². The van der Waals surface area contributed by atoms with Gasteiger partial charge < -0.3 is 19.1 Å². The van der Waals surface area contributed by atoms with E-state index in [1.165, 1.54) is 0 Å². The number of rotatable bonds is 5. The fourth-order valence-electron chi connectivity index (χ4n) is 2.81. The lowest BCUT2D eigenvalue weighted by atomic mass is 10.1. The molecule has 0 radical (unpaired) electrons. The fraction of sp³-hybridized carbons (Fsp3) is 0.562. The molecule has 8 heteroatoms. The molecule has 1 N–H and O–H groups in total. The number of piperidine rings is 1. The Bertz CT molecular complexity index is 687. The van der Waals surface area contributed by atoms with E-state index in [1.807, 2.05) is 17.8 Å². The highest BCUT2D eigenvalue weighted by Gasteiger charge is 2.21. The van der Waals surface area contributed by atoms with E-state index in [9.17, 15) is 9.90 Å². The van der Waals surface area contributed by atoms with E-state index in [1.54, 1.807) is 24.2 Å². The fourth-order valence-corrected chi connectivity index (χ4v) is 2.81. The van der Waals surface area contributed by atoms with Gasteiger partial charge in [-0.05, 0) is 12.8 Å². The molecule has 3 rings (SSSR count). The number of hydrogen-bond donors (Lipinski definition) is 1. The average molecular weight is 333 g/mol. The normalized spacial score (nSPS) is 16.5. The predicted octanol–water partition coefficient (Wildman–Crippen LogP) is 0.637. The Morgan fingerprint density at radius 2 is 2.21 bits per heavy atom. The van der Waals surface area contributed by atoms with E-state index in [4.69, 9.17) is 4.52 Å². The van der Waals surface area contributed by atoms with Crippen molar-refractivity contribution in [3.63, 3.8) is 0 Å². The monoisotopic (exact) mass is 333 g/mol. The molecule has 0 atom stereocenters. The van der Waals surface area contributed by atoms with Crippen molar-refractivity contribution in [1.29, 1.82) is 0 Å². The summed E-state index contributed by atoms with van der Waals surface area (Å²) in [6, 6.07) is 1.70. The molecular formula is C16H23N5O3. The van der Waals surface area contributed by atoms with Crippen LogP contribution in [-0.4, -0.2) is 61.8 Å². The standard InChI is InChI=1S/C16H23N5O3/c1-19-8-5-17-15(19)11-20(2)16(23)14-9-13(24-18-14)10-21-6-3-12(22)4-7-21/h5,8-9,12,22H,3-4,6-7,10-11H2,1-2H3. The van der Waals surface area contributed by atoms with Crippen LogP contribution in [0.5, 0.6) is 0 Å². The summed E-state index contributed by atoms with van der Waals surface area (Å²) in [5.74, 6) is 1.28. The van der Waals surface area contributed by atoms with Crippen molar-refractivity contribution in [2.75, 3.05) is 20.1 Å². The number of aromatic nitrogens is 3. The minimum atomic E-state index is -0.201. The van der Waals surface area contributed by atoms with Crippen LogP contribution in [0.25, 0.3) is 0 Å². The first-order chi connectivity index (χ1) is 11.5. The maximum atomic E-state index is 12.5. The second-order valence-corrected chi connectivity index (χ2v) is 6.30. The molecule has 24 heavy (non-hydrogen) atoms. The summed E-state index contributed by atoms with van der Waals surface area (Å²) in [6.45, 7) is 2.67. The molecule has 1 saturated heterocycles. The van der Waals surface area contributed by atoms with E-state index in [0.29, 0.717) is 24.5 Å². The highest BCUT2D eigenvalue weighted by atomic mass is 16.5. The molecule has 0 bridgehead atoms. The first-order valence-electron chi connectivity index (χ1n) is 8.10. The summed E-state index contributed by atoms with van der Waals surface area (Å²) in [5, 5.41) is 13.4. The maximum Gasteiger partial charge on any atom is 0.276 e. The second kappa shape index (κ2) is 7.14. The number of imidazole rings is 1. The molecule has 8 nitrogen and oxygen atoms in total. The van der Waals surface area contributed by atoms with E-state index in [2.05, 4.69) is 15.0 Å². The number of likely N-dealkylation sites (tertiary alicyclic amines) is 1. The number of carbonyl (C=O) groups excluding carboxylic acids is 1. The van der Waals surface area contributed by atoms with Crippen LogP contribution < -0.4 is 0 Å². The van der Waals surface area contributed by atoms with E-state index in [-0.39, 0.29) is 12.0 Å². The third-order valence-electron chi connectivity index (χ3n) is 4.36. The molecule has 0 spiro atoms. The number of nitrogens with zero attached hydrogens (tertiary/aromatic N) is 5. The van der Waals surface area contributed by atoms with Gasteiger partial charge in [-0.25, -0.2) is 4.98 Å². The lowest BCUT2D eigenvalue weighted by molar-refractivity contribution is 0.0742. The Hall–Kier alpha value is -2.19. The lowest BCUT2D eigenvalue weighted by Gasteiger charge is -2.28. The highest BCUT2D eigenvalue weighted by molar-refractivity contribution is 5.91. The van der Waals surface area contributed by atoms with Gasteiger partial charge in [0.05, 0.1) is 19.2 Å². The second-order valence-electron chi connectivity index (χ2n) is 6.30. The molecule has 0 aromatic carbocycles. The molecule has 1 fully saturated rings. The first-order valence-corrected chi connectivity index (χ1v) is 8.10. The molecule has 0 unspecified atom stereocenters. The van der Waals surface area contributed by atoms with Crippen LogP contribution >= 0.6 is 0 Å². The number of amides is 1. The van der Waals surface area contributed by atoms with Gasteiger partial charge in [0.25, 0.3) is 5.91 Å². The Kier molecular flexibility index (Phi) is 4.96. The summed E-state index contributed by atoms with van der Waals surface area (Å²) in [4.78, 5) is 20.4. The quantitative estimate of drug-likeness (QED) is 0.864. The van der Waals surface area contributed by atoms with Gasteiger partial charge >= 0.3 is 0 Å². The van der Waals surface area contributed by atoms with Crippen molar-refractivity contribution in [1.82, 2.24) is 24.5 Å². The van der Waals surface area contributed by atoms with Crippen LogP contribution in [0.2, 0.25) is 0 Å². The molecule has 2 aromatic rings. The van der Waals surface area contributed by atoms with Crippen molar-refractivity contribution in [3.05, 3.63) is 35.7 Å². The number of carbonyl (C=O) groups is 1. The average Bonchev–Trinajstić information content (AvgIpc) is 3.19. The zero-order chi connectivity index (χ0) is 17.1. The van der Waals surface area contributed by atoms with Crippen LogP contribution in [0.1, 0.15) is 34.9 Å². The maximum absolute atomic E-state index is 12.5. The third-order valence-corrected chi connectivity index (χ3v) is 4.36. The molecule has 130 valence electrons. The first kappa shape index (κ1) is 16.7. The molecule has 1 amide bonds. The number of aliphatic hydroxyl groups excluding tert-OH is 1. The molecule has 1 aliphatic heterocycles. The molecule has 2 aromatic heterocycles. The molecule has 1 aliphatic rings.